The number of nitrogens with one attached hydrogen (secondary N) is 1. The van der Waals surface area contributed by atoms with E-state index in [1.807, 2.05) is 30.5 Å². The first-order valence-electron chi connectivity index (χ1n) is 8.20. The van der Waals surface area contributed by atoms with E-state index in [1.165, 1.54) is 11.0 Å². The number of aliphatic hydroxyl groups is 1. The predicted molar refractivity (Wildman–Crippen MR) is 102 cm³/mol. The van der Waals surface area contributed by atoms with Gasteiger partial charge in [0.05, 0.1) is 6.54 Å². The standard InChI is InChI=1S/C20H21NO4S/c1-20(23,15-6-9-17-18(11-15)25-13-24-17)12-21-19(22)10-5-14-3-7-16(26-2)8-4-14/h3-11,23H,12-13H2,1-2H3,(H,21,22)/b10-5+. The van der Waals surface area contributed by atoms with Crippen molar-refractivity contribution in [1.82, 2.24) is 5.32 Å². The maximum Gasteiger partial charge on any atom is 0.244 e. The van der Waals surface area contributed by atoms with Crippen LogP contribution >= 0.6 is 11.8 Å². The molecule has 2 aromatic rings. The zero-order chi connectivity index (χ0) is 18.6. The molecular weight excluding hydrogens is 350 g/mol. The molecule has 1 amide bonds. The molecule has 0 aromatic heterocycles. The summed E-state index contributed by atoms with van der Waals surface area (Å²) >= 11 is 1.67. The highest BCUT2D eigenvalue weighted by atomic mass is 32.2. The number of ether oxygens (including phenoxy) is 2. The molecule has 1 aliphatic rings. The molecule has 2 N–H and O–H groups in total. The maximum absolute atomic E-state index is 12.0. The quantitative estimate of drug-likeness (QED) is 0.603. The van der Waals surface area contributed by atoms with Crippen LogP contribution in [0.3, 0.4) is 0 Å². The Balaban J connectivity index is 1.58. The normalized spacial score (nSPS) is 15.0. The Kier molecular flexibility index (Phi) is 5.54. The van der Waals surface area contributed by atoms with Gasteiger partial charge in [-0.3, -0.25) is 4.79 Å². The zero-order valence-electron chi connectivity index (χ0n) is 14.7. The lowest BCUT2D eigenvalue weighted by molar-refractivity contribution is -0.117. The Hall–Kier alpha value is -2.44. The third-order valence-corrected chi connectivity index (χ3v) is 4.89. The van der Waals surface area contributed by atoms with Crippen LogP contribution in [0.2, 0.25) is 0 Å². The van der Waals surface area contributed by atoms with Gasteiger partial charge in [-0.2, -0.15) is 0 Å². The lowest BCUT2D eigenvalue weighted by Crippen LogP contribution is -2.37. The van der Waals surface area contributed by atoms with Crippen molar-refractivity contribution < 1.29 is 19.4 Å². The topological polar surface area (TPSA) is 67.8 Å². The van der Waals surface area contributed by atoms with E-state index in [0.717, 1.165) is 5.56 Å². The summed E-state index contributed by atoms with van der Waals surface area (Å²) in [6.45, 7) is 1.91. The number of amides is 1. The number of rotatable bonds is 6. The Labute approximate surface area is 157 Å². The summed E-state index contributed by atoms with van der Waals surface area (Å²) in [7, 11) is 0. The molecule has 0 spiro atoms. The molecule has 0 radical (unpaired) electrons. The molecule has 26 heavy (non-hydrogen) atoms. The highest BCUT2D eigenvalue weighted by Gasteiger charge is 2.26. The van der Waals surface area contributed by atoms with Crippen molar-refractivity contribution in [3.05, 3.63) is 59.7 Å². The molecule has 0 bridgehead atoms. The summed E-state index contributed by atoms with van der Waals surface area (Å²) in [5.41, 5.74) is 0.379. The fourth-order valence-corrected chi connectivity index (χ4v) is 2.95. The fourth-order valence-electron chi connectivity index (χ4n) is 2.54. The van der Waals surface area contributed by atoms with Gasteiger partial charge in [0.25, 0.3) is 0 Å². The van der Waals surface area contributed by atoms with Crippen LogP contribution in [0, 0.1) is 0 Å². The predicted octanol–water partition coefficient (Wildman–Crippen LogP) is 3.17. The third-order valence-electron chi connectivity index (χ3n) is 4.14. The van der Waals surface area contributed by atoms with Gasteiger partial charge in [0, 0.05) is 11.0 Å². The summed E-state index contributed by atoms with van der Waals surface area (Å²) in [5.74, 6) is 0.992. The first-order chi connectivity index (χ1) is 12.5. The van der Waals surface area contributed by atoms with Gasteiger partial charge in [-0.25, -0.2) is 0 Å². The number of carbonyl (C=O) groups excluding carboxylic acids is 1. The zero-order valence-corrected chi connectivity index (χ0v) is 15.5. The number of thioether (sulfide) groups is 1. The van der Waals surface area contributed by atoms with Gasteiger partial charge in [0.15, 0.2) is 11.5 Å². The Morgan fingerprint density at radius 1 is 1.23 bits per heavy atom. The first-order valence-corrected chi connectivity index (χ1v) is 9.43. The lowest BCUT2D eigenvalue weighted by Gasteiger charge is -2.24. The van der Waals surface area contributed by atoms with Crippen molar-refractivity contribution in [3.63, 3.8) is 0 Å². The Morgan fingerprint density at radius 3 is 2.69 bits per heavy atom. The van der Waals surface area contributed by atoms with Gasteiger partial charge in [0.2, 0.25) is 12.7 Å². The molecule has 1 heterocycles. The van der Waals surface area contributed by atoms with Crippen LogP contribution in [0.1, 0.15) is 18.1 Å². The molecule has 1 unspecified atom stereocenters. The number of hydrogen-bond acceptors (Lipinski definition) is 5. The van der Waals surface area contributed by atoms with Crippen LogP contribution in [-0.2, 0) is 10.4 Å². The highest BCUT2D eigenvalue weighted by Crippen LogP contribution is 2.35. The molecule has 1 aliphatic heterocycles. The summed E-state index contributed by atoms with van der Waals surface area (Å²) in [6, 6.07) is 13.2. The molecule has 0 saturated heterocycles. The van der Waals surface area contributed by atoms with Crippen LogP contribution in [0.5, 0.6) is 11.5 Å². The summed E-state index contributed by atoms with van der Waals surface area (Å²) < 4.78 is 10.6. The van der Waals surface area contributed by atoms with Crippen LogP contribution < -0.4 is 14.8 Å². The second kappa shape index (κ2) is 7.85. The van der Waals surface area contributed by atoms with Crippen molar-refractivity contribution in [2.75, 3.05) is 19.6 Å². The van der Waals surface area contributed by atoms with E-state index in [4.69, 9.17) is 9.47 Å². The number of fused-ring (bicyclic) bond motifs is 1. The van der Waals surface area contributed by atoms with Crippen LogP contribution in [0.15, 0.2) is 53.4 Å². The first kappa shape index (κ1) is 18.4. The van der Waals surface area contributed by atoms with E-state index in [-0.39, 0.29) is 19.2 Å². The van der Waals surface area contributed by atoms with E-state index in [0.29, 0.717) is 17.1 Å². The van der Waals surface area contributed by atoms with Gasteiger partial charge in [-0.1, -0.05) is 18.2 Å². The van der Waals surface area contributed by atoms with E-state index < -0.39 is 5.60 Å². The Bertz CT molecular complexity index is 815. The molecule has 6 heteroatoms. The third kappa shape index (κ3) is 4.39. The number of benzene rings is 2. The summed E-state index contributed by atoms with van der Waals surface area (Å²) in [6.07, 6.45) is 5.23. The van der Waals surface area contributed by atoms with Gasteiger partial charge in [-0.15, -0.1) is 11.8 Å². The number of carbonyl (C=O) groups is 1. The van der Waals surface area contributed by atoms with Crippen molar-refractivity contribution in [1.29, 1.82) is 0 Å². The fraction of sp³-hybridized carbons (Fsp3) is 0.250. The van der Waals surface area contributed by atoms with Crippen molar-refractivity contribution >= 4 is 23.7 Å². The van der Waals surface area contributed by atoms with Crippen molar-refractivity contribution in [2.24, 2.45) is 0 Å². The minimum atomic E-state index is -1.22. The molecule has 0 fully saturated rings. The minimum Gasteiger partial charge on any atom is -0.454 e. The van der Waals surface area contributed by atoms with Gasteiger partial charge in [-0.05, 0) is 54.6 Å². The highest BCUT2D eigenvalue weighted by molar-refractivity contribution is 7.98. The van der Waals surface area contributed by atoms with Crippen LogP contribution in [-0.4, -0.2) is 30.6 Å². The van der Waals surface area contributed by atoms with Crippen molar-refractivity contribution in [2.45, 2.75) is 17.4 Å². The summed E-state index contributed by atoms with van der Waals surface area (Å²) in [5, 5.41) is 13.4. The second-order valence-corrected chi connectivity index (χ2v) is 7.05. The van der Waals surface area contributed by atoms with Crippen LogP contribution in [0.4, 0.5) is 0 Å². The van der Waals surface area contributed by atoms with Crippen LogP contribution in [0.25, 0.3) is 6.08 Å². The Morgan fingerprint density at radius 2 is 1.96 bits per heavy atom. The van der Waals surface area contributed by atoms with E-state index >= 15 is 0 Å². The average Bonchev–Trinajstić information content (AvgIpc) is 3.13. The molecule has 2 aromatic carbocycles. The van der Waals surface area contributed by atoms with Crippen molar-refractivity contribution in [3.8, 4) is 11.5 Å². The van der Waals surface area contributed by atoms with Gasteiger partial charge < -0.3 is 19.9 Å². The van der Waals surface area contributed by atoms with Gasteiger partial charge in [0.1, 0.15) is 5.60 Å². The molecule has 5 nitrogen and oxygen atoms in total. The minimum absolute atomic E-state index is 0.0846. The summed E-state index contributed by atoms with van der Waals surface area (Å²) in [4.78, 5) is 13.2. The largest absolute Gasteiger partial charge is 0.454 e. The number of hydrogen-bond donors (Lipinski definition) is 2. The maximum atomic E-state index is 12.0. The molecule has 0 aliphatic carbocycles. The monoisotopic (exact) mass is 371 g/mol. The average molecular weight is 371 g/mol. The molecule has 0 saturated carbocycles. The smallest absolute Gasteiger partial charge is 0.244 e. The molecule has 3 rings (SSSR count). The second-order valence-electron chi connectivity index (χ2n) is 6.17. The van der Waals surface area contributed by atoms with E-state index in [9.17, 15) is 9.90 Å². The lowest BCUT2D eigenvalue weighted by atomic mass is 9.95. The SMILES string of the molecule is CSc1ccc(/C=C/C(=O)NCC(C)(O)c2ccc3c(c2)OCO3)cc1. The molecule has 1 atom stereocenters. The molecule has 136 valence electrons. The van der Waals surface area contributed by atoms with E-state index in [2.05, 4.69) is 5.32 Å². The van der Waals surface area contributed by atoms with E-state index in [1.54, 1.807) is 43.0 Å². The van der Waals surface area contributed by atoms with Gasteiger partial charge >= 0.3 is 0 Å². The molecular formula is C20H21NO4S.